The second-order valence-corrected chi connectivity index (χ2v) is 2.77. The molecule has 0 aliphatic carbocycles. The Morgan fingerprint density at radius 3 is 2.86 bits per heavy atom. The zero-order chi connectivity index (χ0) is 10.2. The number of nitrogens with zero attached hydrogens (tertiary/aromatic N) is 2. The van der Waals surface area contributed by atoms with Crippen LogP contribution >= 0.6 is 0 Å². The number of aromatic nitrogens is 2. The minimum absolute atomic E-state index is 0.538. The summed E-state index contributed by atoms with van der Waals surface area (Å²) in [6, 6.07) is 3.72. The Bertz CT molecular complexity index is 282. The van der Waals surface area contributed by atoms with Gasteiger partial charge in [0, 0.05) is 12.6 Å². The number of rotatable bonds is 5. The summed E-state index contributed by atoms with van der Waals surface area (Å²) in [7, 11) is 1.87. The van der Waals surface area contributed by atoms with Crippen molar-refractivity contribution in [2.75, 3.05) is 13.7 Å². The number of allylic oxidation sites excluding steroid dienone is 1. The van der Waals surface area contributed by atoms with E-state index >= 15 is 0 Å². The van der Waals surface area contributed by atoms with Crippen LogP contribution in [-0.4, -0.2) is 23.9 Å². The lowest BCUT2D eigenvalue weighted by Gasteiger charge is -2.02. The zero-order valence-corrected chi connectivity index (χ0v) is 8.53. The van der Waals surface area contributed by atoms with E-state index < -0.39 is 0 Å². The lowest BCUT2D eigenvalue weighted by Crippen LogP contribution is -2.08. The van der Waals surface area contributed by atoms with Crippen LogP contribution in [0.25, 0.3) is 0 Å². The molecule has 1 rings (SSSR count). The van der Waals surface area contributed by atoms with Crippen LogP contribution in [0.4, 0.5) is 0 Å². The Morgan fingerprint density at radius 2 is 2.29 bits per heavy atom. The van der Waals surface area contributed by atoms with Crippen LogP contribution in [0.1, 0.15) is 12.6 Å². The molecule has 0 radical (unpaired) electrons. The monoisotopic (exact) mass is 193 g/mol. The topological polar surface area (TPSA) is 47.0 Å². The first kappa shape index (κ1) is 10.7. The summed E-state index contributed by atoms with van der Waals surface area (Å²) < 4.78 is 5.30. The molecule has 0 saturated carbocycles. The van der Waals surface area contributed by atoms with Crippen molar-refractivity contribution in [3.63, 3.8) is 0 Å². The van der Waals surface area contributed by atoms with Crippen molar-refractivity contribution in [3.05, 3.63) is 30.0 Å². The first-order valence-corrected chi connectivity index (χ1v) is 4.58. The Morgan fingerprint density at radius 1 is 1.43 bits per heavy atom. The van der Waals surface area contributed by atoms with Crippen LogP contribution in [0.15, 0.2) is 24.3 Å². The molecule has 0 saturated heterocycles. The largest absolute Gasteiger partial charge is 0.472 e. The average molecular weight is 193 g/mol. The number of ether oxygens (including phenoxy) is 1. The molecule has 0 spiro atoms. The minimum atomic E-state index is 0.538. The number of nitrogens with one attached hydrogen (secondary N) is 1. The summed E-state index contributed by atoms with van der Waals surface area (Å²) in [5.41, 5.74) is 0.908. The minimum Gasteiger partial charge on any atom is -0.472 e. The van der Waals surface area contributed by atoms with E-state index in [-0.39, 0.29) is 0 Å². The summed E-state index contributed by atoms with van der Waals surface area (Å²) in [5.74, 6) is 0.558. The van der Waals surface area contributed by atoms with Gasteiger partial charge in [-0.1, -0.05) is 12.2 Å². The van der Waals surface area contributed by atoms with Gasteiger partial charge in [0.2, 0.25) is 5.88 Å². The van der Waals surface area contributed by atoms with E-state index in [0.29, 0.717) is 12.5 Å². The summed E-state index contributed by atoms with van der Waals surface area (Å²) >= 11 is 0. The first-order valence-electron chi connectivity index (χ1n) is 4.58. The van der Waals surface area contributed by atoms with Crippen molar-refractivity contribution in [1.82, 2.24) is 15.5 Å². The molecular weight excluding hydrogens is 178 g/mol. The average Bonchev–Trinajstić information content (AvgIpc) is 2.21. The van der Waals surface area contributed by atoms with Gasteiger partial charge in [-0.3, -0.25) is 0 Å². The highest BCUT2D eigenvalue weighted by Crippen LogP contribution is 2.04. The van der Waals surface area contributed by atoms with Gasteiger partial charge in [0.05, 0.1) is 5.69 Å². The van der Waals surface area contributed by atoms with Gasteiger partial charge in [-0.2, -0.15) is 5.10 Å². The van der Waals surface area contributed by atoms with Crippen molar-refractivity contribution in [2.45, 2.75) is 13.5 Å². The van der Waals surface area contributed by atoms with Crippen LogP contribution in [-0.2, 0) is 6.54 Å². The van der Waals surface area contributed by atoms with E-state index in [1.165, 1.54) is 0 Å². The van der Waals surface area contributed by atoms with Crippen molar-refractivity contribution in [2.24, 2.45) is 0 Å². The fourth-order valence-electron chi connectivity index (χ4n) is 0.930. The molecule has 1 aromatic heterocycles. The maximum atomic E-state index is 5.30. The third-order valence-corrected chi connectivity index (χ3v) is 1.62. The van der Waals surface area contributed by atoms with Crippen molar-refractivity contribution >= 4 is 0 Å². The maximum absolute atomic E-state index is 5.30. The zero-order valence-electron chi connectivity index (χ0n) is 8.53. The fourth-order valence-corrected chi connectivity index (χ4v) is 0.930. The quantitative estimate of drug-likeness (QED) is 0.713. The van der Waals surface area contributed by atoms with Gasteiger partial charge < -0.3 is 10.1 Å². The van der Waals surface area contributed by atoms with E-state index in [4.69, 9.17) is 4.74 Å². The SMILES string of the molecule is CC=CCOc1ccc(CNC)nn1. The standard InChI is InChI=1S/C10H15N3O/c1-3-4-7-14-10-6-5-9(8-11-2)12-13-10/h3-6,11H,7-8H2,1-2H3. The van der Waals surface area contributed by atoms with Gasteiger partial charge in [-0.25, -0.2) is 0 Å². The molecular formula is C10H15N3O. The van der Waals surface area contributed by atoms with Crippen LogP contribution in [0.3, 0.4) is 0 Å². The molecule has 0 bridgehead atoms. The van der Waals surface area contributed by atoms with E-state index in [2.05, 4.69) is 15.5 Å². The van der Waals surface area contributed by atoms with Crippen molar-refractivity contribution in [1.29, 1.82) is 0 Å². The molecule has 4 heteroatoms. The van der Waals surface area contributed by atoms with Crippen molar-refractivity contribution in [3.8, 4) is 5.88 Å². The lowest BCUT2D eigenvalue weighted by molar-refractivity contribution is 0.343. The molecule has 1 heterocycles. The third kappa shape index (κ3) is 3.53. The van der Waals surface area contributed by atoms with Crippen LogP contribution < -0.4 is 10.1 Å². The van der Waals surface area contributed by atoms with Crippen LogP contribution in [0.2, 0.25) is 0 Å². The normalized spacial score (nSPS) is 10.7. The highest BCUT2D eigenvalue weighted by atomic mass is 16.5. The molecule has 0 atom stereocenters. The predicted octanol–water partition coefficient (Wildman–Crippen LogP) is 1.15. The van der Waals surface area contributed by atoms with Gasteiger partial charge in [0.25, 0.3) is 0 Å². The summed E-state index contributed by atoms with van der Waals surface area (Å²) in [6.45, 7) is 3.21. The molecule has 76 valence electrons. The van der Waals surface area contributed by atoms with E-state index in [9.17, 15) is 0 Å². The Balaban J connectivity index is 2.46. The van der Waals surface area contributed by atoms with Crippen molar-refractivity contribution < 1.29 is 4.74 Å². The second-order valence-electron chi connectivity index (χ2n) is 2.77. The first-order chi connectivity index (χ1) is 6.86. The second kappa shape index (κ2) is 6.10. The van der Waals surface area contributed by atoms with E-state index in [1.54, 1.807) is 0 Å². The predicted molar refractivity (Wildman–Crippen MR) is 55.1 cm³/mol. The molecule has 0 aliphatic rings. The van der Waals surface area contributed by atoms with Crippen LogP contribution in [0.5, 0.6) is 5.88 Å². The molecule has 1 N–H and O–H groups in total. The highest BCUT2D eigenvalue weighted by Gasteiger charge is 1.96. The molecule has 0 unspecified atom stereocenters. The Labute approximate surface area is 84.0 Å². The highest BCUT2D eigenvalue weighted by molar-refractivity contribution is 5.11. The smallest absolute Gasteiger partial charge is 0.233 e. The Kier molecular flexibility index (Phi) is 4.64. The lowest BCUT2D eigenvalue weighted by atomic mass is 10.4. The number of hydrogen-bond acceptors (Lipinski definition) is 4. The molecule has 0 aliphatic heterocycles. The maximum Gasteiger partial charge on any atom is 0.233 e. The molecule has 0 amide bonds. The van der Waals surface area contributed by atoms with E-state index in [0.717, 1.165) is 12.2 Å². The van der Waals surface area contributed by atoms with Gasteiger partial charge in [-0.15, -0.1) is 5.10 Å². The molecule has 14 heavy (non-hydrogen) atoms. The number of hydrogen-bond donors (Lipinski definition) is 1. The summed E-state index contributed by atoms with van der Waals surface area (Å²) in [6.07, 6.45) is 3.85. The van der Waals surface area contributed by atoms with Gasteiger partial charge in [-0.05, 0) is 20.0 Å². The molecule has 0 fully saturated rings. The summed E-state index contributed by atoms with van der Waals surface area (Å²) in [5, 5.41) is 10.9. The third-order valence-electron chi connectivity index (χ3n) is 1.62. The molecule has 0 aromatic carbocycles. The van der Waals surface area contributed by atoms with Gasteiger partial charge >= 0.3 is 0 Å². The molecule has 1 aromatic rings. The van der Waals surface area contributed by atoms with Gasteiger partial charge in [0.15, 0.2) is 0 Å². The van der Waals surface area contributed by atoms with E-state index in [1.807, 2.05) is 38.3 Å². The Hall–Kier alpha value is -1.42. The van der Waals surface area contributed by atoms with Gasteiger partial charge in [0.1, 0.15) is 6.61 Å². The fraction of sp³-hybridized carbons (Fsp3) is 0.400. The van der Waals surface area contributed by atoms with Crippen LogP contribution in [0, 0.1) is 0 Å². The summed E-state index contributed by atoms with van der Waals surface area (Å²) in [4.78, 5) is 0. The molecule has 4 nitrogen and oxygen atoms in total.